The van der Waals surface area contributed by atoms with Crippen molar-refractivity contribution in [2.24, 2.45) is 0 Å². The Labute approximate surface area is 126 Å². The molecule has 21 heavy (non-hydrogen) atoms. The third-order valence-electron chi connectivity index (χ3n) is 2.86. The molecule has 0 aliphatic heterocycles. The van der Waals surface area contributed by atoms with Gasteiger partial charge in [-0.05, 0) is 23.3 Å². The van der Waals surface area contributed by atoms with E-state index in [0.717, 1.165) is 0 Å². The summed E-state index contributed by atoms with van der Waals surface area (Å²) >= 11 is 0. The van der Waals surface area contributed by atoms with Gasteiger partial charge in [-0.25, -0.2) is 0 Å². The Morgan fingerprint density at radius 2 is 1.10 bits per heavy atom. The minimum Gasteiger partial charge on any atom is -0.372 e. The lowest BCUT2D eigenvalue weighted by molar-refractivity contribution is 0.147. The standard InChI is InChI=1S/C19H20O2/c1-4-10-18(11-5-1)16-20-14-8-3-9-15-21-17-19-12-6-2-7-13-19/h1-2,4-13H,14-17H2. The summed E-state index contributed by atoms with van der Waals surface area (Å²) in [7, 11) is 0. The van der Waals surface area contributed by atoms with Gasteiger partial charge in [0, 0.05) is 0 Å². The lowest BCUT2D eigenvalue weighted by atomic mass is 10.2. The minimum absolute atomic E-state index is 0.560. The van der Waals surface area contributed by atoms with Crippen LogP contribution in [0.2, 0.25) is 0 Å². The quantitative estimate of drug-likeness (QED) is 0.534. The van der Waals surface area contributed by atoms with Crippen molar-refractivity contribution >= 4 is 0 Å². The number of benzene rings is 2. The monoisotopic (exact) mass is 280 g/mol. The fourth-order valence-electron chi connectivity index (χ4n) is 1.80. The summed E-state index contributed by atoms with van der Waals surface area (Å²) in [4.78, 5) is 0. The molecule has 108 valence electrons. The average molecular weight is 280 g/mol. The highest BCUT2D eigenvalue weighted by Gasteiger charge is 1.89. The summed E-state index contributed by atoms with van der Waals surface area (Å²) in [5.41, 5.74) is 5.42. The second-order valence-electron chi connectivity index (χ2n) is 4.58. The van der Waals surface area contributed by atoms with Crippen molar-refractivity contribution in [1.82, 2.24) is 0 Å². The Bertz CT molecular complexity index is 505. The molecule has 0 radical (unpaired) electrons. The fraction of sp³-hybridized carbons (Fsp3) is 0.211. The lowest BCUT2D eigenvalue weighted by Crippen LogP contribution is -1.92. The van der Waals surface area contributed by atoms with Crippen molar-refractivity contribution in [1.29, 1.82) is 0 Å². The Hall–Kier alpha value is -2.12. The van der Waals surface area contributed by atoms with E-state index < -0.39 is 0 Å². The van der Waals surface area contributed by atoms with Crippen molar-refractivity contribution in [3.63, 3.8) is 0 Å². The number of hydrogen-bond acceptors (Lipinski definition) is 2. The summed E-state index contributed by atoms with van der Waals surface area (Å²) in [6.45, 7) is 2.38. The Kier molecular flexibility index (Phi) is 7.08. The van der Waals surface area contributed by atoms with Crippen LogP contribution < -0.4 is 0 Å². The third kappa shape index (κ3) is 6.73. The van der Waals surface area contributed by atoms with Crippen molar-refractivity contribution in [3.05, 3.63) is 89.7 Å². The molecule has 0 fully saturated rings. The molecule has 2 heteroatoms. The fourth-order valence-corrected chi connectivity index (χ4v) is 1.80. The van der Waals surface area contributed by atoms with Crippen LogP contribution in [0, 0.1) is 0 Å². The molecule has 0 spiro atoms. The summed E-state index contributed by atoms with van der Waals surface area (Å²) in [5, 5.41) is 0. The van der Waals surface area contributed by atoms with Gasteiger partial charge in [0.2, 0.25) is 0 Å². The Morgan fingerprint density at radius 3 is 1.52 bits per heavy atom. The molecule has 0 N–H and O–H groups in total. The van der Waals surface area contributed by atoms with E-state index in [9.17, 15) is 0 Å². The number of hydrogen-bond donors (Lipinski definition) is 0. The summed E-state index contributed by atoms with van der Waals surface area (Å²) in [6.07, 6.45) is 3.74. The first kappa shape index (κ1) is 15.3. The molecular formula is C19H20O2. The first-order valence-corrected chi connectivity index (χ1v) is 7.08. The van der Waals surface area contributed by atoms with E-state index in [2.05, 4.69) is 30.0 Å². The molecule has 0 bridgehead atoms. The van der Waals surface area contributed by atoms with Crippen molar-refractivity contribution in [2.45, 2.75) is 13.2 Å². The molecule has 0 atom stereocenters. The van der Waals surface area contributed by atoms with Crippen molar-refractivity contribution in [3.8, 4) is 0 Å². The van der Waals surface area contributed by atoms with E-state index >= 15 is 0 Å². The maximum Gasteiger partial charge on any atom is 0.0725 e. The molecule has 2 aromatic rings. The molecule has 2 rings (SSSR count). The van der Waals surface area contributed by atoms with Crippen LogP contribution in [0.4, 0.5) is 0 Å². The zero-order valence-corrected chi connectivity index (χ0v) is 12.1. The van der Waals surface area contributed by atoms with Crippen LogP contribution in [0.1, 0.15) is 11.1 Å². The molecular weight excluding hydrogens is 260 g/mol. The van der Waals surface area contributed by atoms with Gasteiger partial charge in [0.25, 0.3) is 0 Å². The van der Waals surface area contributed by atoms with E-state index in [4.69, 9.17) is 9.47 Å². The Balaban J connectivity index is 1.55. The molecule has 2 nitrogen and oxygen atoms in total. The van der Waals surface area contributed by atoms with Crippen LogP contribution in [0.25, 0.3) is 0 Å². The average Bonchev–Trinajstić information content (AvgIpc) is 2.55. The SMILES string of the molecule is C(=CCOCc1ccccc1)=CCOCc1ccccc1. The van der Waals surface area contributed by atoms with Crippen LogP contribution >= 0.6 is 0 Å². The third-order valence-corrected chi connectivity index (χ3v) is 2.86. The van der Waals surface area contributed by atoms with Crippen LogP contribution in [0.3, 0.4) is 0 Å². The van der Waals surface area contributed by atoms with Crippen LogP contribution in [-0.4, -0.2) is 13.2 Å². The van der Waals surface area contributed by atoms with Crippen LogP contribution in [-0.2, 0) is 22.7 Å². The molecule has 0 amide bonds. The van der Waals surface area contributed by atoms with Gasteiger partial charge in [0.05, 0.1) is 26.4 Å². The smallest absolute Gasteiger partial charge is 0.0725 e. The van der Waals surface area contributed by atoms with Gasteiger partial charge in [-0.2, -0.15) is 0 Å². The van der Waals surface area contributed by atoms with Gasteiger partial charge >= 0.3 is 0 Å². The van der Waals surface area contributed by atoms with E-state index in [1.54, 1.807) is 0 Å². The van der Waals surface area contributed by atoms with Gasteiger partial charge in [0.15, 0.2) is 0 Å². The normalized spacial score (nSPS) is 9.90. The van der Waals surface area contributed by atoms with Gasteiger partial charge in [-0.15, -0.1) is 5.73 Å². The molecule has 0 aromatic heterocycles. The van der Waals surface area contributed by atoms with E-state index in [1.165, 1.54) is 11.1 Å². The second kappa shape index (κ2) is 9.73. The predicted molar refractivity (Wildman–Crippen MR) is 84.8 cm³/mol. The van der Waals surface area contributed by atoms with E-state index in [1.807, 2.05) is 48.6 Å². The highest BCUT2D eigenvalue weighted by Crippen LogP contribution is 2.01. The van der Waals surface area contributed by atoms with Gasteiger partial charge in [0.1, 0.15) is 0 Å². The first-order chi connectivity index (χ1) is 10.4. The lowest BCUT2D eigenvalue weighted by Gasteiger charge is -2.00. The topological polar surface area (TPSA) is 18.5 Å². The molecule has 0 heterocycles. The highest BCUT2D eigenvalue weighted by atomic mass is 16.5. The molecule has 2 aromatic carbocycles. The summed E-state index contributed by atoms with van der Waals surface area (Å²) < 4.78 is 11.0. The first-order valence-electron chi connectivity index (χ1n) is 7.08. The molecule has 0 aliphatic rings. The van der Waals surface area contributed by atoms with Crippen molar-refractivity contribution in [2.75, 3.05) is 13.2 Å². The Morgan fingerprint density at radius 1 is 0.667 bits per heavy atom. The van der Waals surface area contributed by atoms with Crippen LogP contribution in [0.15, 0.2) is 78.5 Å². The number of ether oxygens (including phenoxy) is 2. The molecule has 0 saturated carbocycles. The maximum absolute atomic E-state index is 5.52. The van der Waals surface area contributed by atoms with Crippen LogP contribution in [0.5, 0.6) is 0 Å². The zero-order valence-electron chi connectivity index (χ0n) is 12.1. The summed E-state index contributed by atoms with van der Waals surface area (Å²) in [5.74, 6) is 0. The molecule has 0 saturated heterocycles. The second-order valence-corrected chi connectivity index (χ2v) is 4.58. The van der Waals surface area contributed by atoms with E-state index in [-0.39, 0.29) is 0 Å². The molecule has 0 unspecified atom stereocenters. The minimum atomic E-state index is 0.560. The van der Waals surface area contributed by atoms with Gasteiger partial charge < -0.3 is 9.47 Å². The highest BCUT2D eigenvalue weighted by molar-refractivity contribution is 5.14. The van der Waals surface area contributed by atoms with E-state index in [0.29, 0.717) is 26.4 Å². The number of rotatable bonds is 8. The van der Waals surface area contributed by atoms with Gasteiger partial charge in [-0.1, -0.05) is 60.7 Å². The van der Waals surface area contributed by atoms with Crippen molar-refractivity contribution < 1.29 is 9.47 Å². The zero-order chi connectivity index (χ0) is 14.6. The maximum atomic E-state index is 5.52. The van der Waals surface area contributed by atoms with Gasteiger partial charge in [-0.3, -0.25) is 0 Å². The molecule has 0 aliphatic carbocycles. The summed E-state index contributed by atoms with van der Waals surface area (Å²) in [6, 6.07) is 20.3. The predicted octanol–water partition coefficient (Wildman–Crippen LogP) is 4.13. The largest absolute Gasteiger partial charge is 0.372 e.